The number of carbonyl (C=O) groups is 1. The highest BCUT2D eigenvalue weighted by molar-refractivity contribution is 5.88. The van der Waals surface area contributed by atoms with Gasteiger partial charge in [-0.1, -0.05) is 42.3 Å². The van der Waals surface area contributed by atoms with Crippen LogP contribution in [0, 0.1) is 12.3 Å². The smallest absolute Gasteiger partial charge is 0.355 e. The normalized spacial score (nSPS) is 8.41. The maximum Gasteiger partial charge on any atom is 0.355 e. The van der Waals surface area contributed by atoms with Crippen molar-refractivity contribution in [1.29, 1.82) is 0 Å². The van der Waals surface area contributed by atoms with Gasteiger partial charge in [0, 0.05) is 6.20 Å². The van der Waals surface area contributed by atoms with Crippen LogP contribution in [0.1, 0.15) is 16.1 Å². The average molecular weight is 225 g/mol. The molecule has 84 valence electrons. The van der Waals surface area contributed by atoms with E-state index in [4.69, 9.17) is 11.5 Å². The molecule has 2 rings (SSSR count). The van der Waals surface area contributed by atoms with E-state index in [9.17, 15) is 4.79 Å². The van der Waals surface area contributed by atoms with E-state index in [0.717, 1.165) is 0 Å². The molecule has 0 aliphatic carbocycles. The molecule has 0 radical (unpaired) electrons. The van der Waals surface area contributed by atoms with Gasteiger partial charge in [0.2, 0.25) is 0 Å². The predicted octanol–water partition coefficient (Wildman–Crippen LogP) is 2.45. The van der Waals surface area contributed by atoms with E-state index in [-0.39, 0.29) is 5.69 Å². The van der Waals surface area contributed by atoms with Crippen molar-refractivity contribution in [2.45, 2.75) is 0 Å². The molecular weight excluding hydrogens is 214 g/mol. The van der Waals surface area contributed by atoms with E-state index >= 15 is 0 Å². The SMILES string of the molecule is C#Cc1cccnc1C(=O)O.c1ccccc1. The maximum absolute atomic E-state index is 10.4. The quantitative estimate of drug-likeness (QED) is 0.758. The fraction of sp³-hybridized carbons (Fsp3) is 0. The second kappa shape index (κ2) is 6.81. The highest BCUT2D eigenvalue weighted by atomic mass is 16.4. The largest absolute Gasteiger partial charge is 0.476 e. The van der Waals surface area contributed by atoms with Gasteiger partial charge in [0.25, 0.3) is 0 Å². The van der Waals surface area contributed by atoms with E-state index in [1.54, 1.807) is 6.07 Å². The van der Waals surface area contributed by atoms with E-state index in [2.05, 4.69) is 10.9 Å². The van der Waals surface area contributed by atoms with Crippen molar-refractivity contribution in [2.24, 2.45) is 0 Å². The lowest BCUT2D eigenvalue weighted by atomic mass is 10.2. The predicted molar refractivity (Wildman–Crippen MR) is 65.6 cm³/mol. The number of carboxylic acids is 1. The van der Waals surface area contributed by atoms with Gasteiger partial charge in [-0.25, -0.2) is 9.78 Å². The molecule has 0 atom stereocenters. The molecule has 0 fully saturated rings. The highest BCUT2D eigenvalue weighted by Crippen LogP contribution is 2.02. The number of terminal acetylenes is 1. The number of benzene rings is 1. The lowest BCUT2D eigenvalue weighted by Crippen LogP contribution is -2.02. The molecule has 0 spiro atoms. The van der Waals surface area contributed by atoms with Crippen molar-refractivity contribution in [2.75, 3.05) is 0 Å². The number of hydrogen-bond acceptors (Lipinski definition) is 2. The number of rotatable bonds is 1. The first-order chi connectivity index (χ1) is 8.25. The van der Waals surface area contributed by atoms with Crippen molar-refractivity contribution in [3.63, 3.8) is 0 Å². The molecule has 0 amide bonds. The Hall–Kier alpha value is -2.60. The van der Waals surface area contributed by atoms with E-state index in [1.165, 1.54) is 12.3 Å². The fourth-order valence-electron chi connectivity index (χ4n) is 1.08. The minimum atomic E-state index is -1.10. The minimum absolute atomic E-state index is 0.0741. The summed E-state index contributed by atoms with van der Waals surface area (Å²) in [7, 11) is 0. The van der Waals surface area contributed by atoms with Crippen LogP contribution in [0.2, 0.25) is 0 Å². The number of pyridine rings is 1. The molecule has 0 aliphatic rings. The Morgan fingerprint density at radius 2 is 1.65 bits per heavy atom. The molecule has 0 saturated heterocycles. The molecule has 0 unspecified atom stereocenters. The third kappa shape index (κ3) is 4.18. The fourth-order valence-corrected chi connectivity index (χ4v) is 1.08. The second-order valence-electron chi connectivity index (χ2n) is 3.00. The topological polar surface area (TPSA) is 50.2 Å². The van der Waals surface area contributed by atoms with Crippen molar-refractivity contribution >= 4 is 5.97 Å². The molecule has 0 saturated carbocycles. The van der Waals surface area contributed by atoms with Gasteiger partial charge in [0.1, 0.15) is 0 Å². The zero-order valence-electron chi connectivity index (χ0n) is 9.08. The first kappa shape index (κ1) is 12.5. The van der Waals surface area contributed by atoms with Gasteiger partial charge < -0.3 is 5.11 Å². The Morgan fingerprint density at radius 1 is 1.12 bits per heavy atom. The standard InChI is InChI=1S/C8H5NO2.C6H6/c1-2-6-4-3-5-9-7(6)8(10)11;1-2-4-6-5-3-1/h1,3-5H,(H,10,11);1-6H. The second-order valence-corrected chi connectivity index (χ2v) is 3.00. The Bertz CT molecular complexity index is 489. The van der Waals surface area contributed by atoms with E-state index in [0.29, 0.717) is 5.56 Å². The van der Waals surface area contributed by atoms with Gasteiger partial charge in [-0.15, -0.1) is 6.42 Å². The van der Waals surface area contributed by atoms with Gasteiger partial charge in [-0.2, -0.15) is 0 Å². The van der Waals surface area contributed by atoms with Gasteiger partial charge in [-0.05, 0) is 12.1 Å². The van der Waals surface area contributed by atoms with Gasteiger partial charge in [0.15, 0.2) is 5.69 Å². The Kier molecular flexibility index (Phi) is 4.99. The van der Waals surface area contributed by atoms with Crippen molar-refractivity contribution in [1.82, 2.24) is 4.98 Å². The highest BCUT2D eigenvalue weighted by Gasteiger charge is 2.07. The van der Waals surface area contributed by atoms with Crippen LogP contribution in [0.3, 0.4) is 0 Å². The first-order valence-electron chi connectivity index (χ1n) is 4.90. The maximum atomic E-state index is 10.4. The number of aromatic nitrogens is 1. The van der Waals surface area contributed by atoms with Crippen LogP contribution in [0.15, 0.2) is 54.7 Å². The van der Waals surface area contributed by atoms with Crippen molar-refractivity contribution in [3.05, 3.63) is 66.0 Å². The van der Waals surface area contributed by atoms with Crippen LogP contribution in [-0.2, 0) is 0 Å². The summed E-state index contributed by atoms with van der Waals surface area (Å²) in [5, 5.41) is 8.54. The number of hydrogen-bond donors (Lipinski definition) is 1. The van der Waals surface area contributed by atoms with Crippen molar-refractivity contribution in [3.8, 4) is 12.3 Å². The molecule has 1 aromatic carbocycles. The summed E-state index contributed by atoms with van der Waals surface area (Å²) in [5.41, 5.74) is 0.231. The minimum Gasteiger partial charge on any atom is -0.476 e. The number of aromatic carboxylic acids is 1. The molecule has 0 bridgehead atoms. The third-order valence-electron chi connectivity index (χ3n) is 1.83. The average Bonchev–Trinajstić information content (AvgIpc) is 2.41. The first-order valence-corrected chi connectivity index (χ1v) is 4.90. The molecule has 1 N–H and O–H groups in total. The summed E-state index contributed by atoms with van der Waals surface area (Å²) in [6.45, 7) is 0. The van der Waals surface area contributed by atoms with E-state index < -0.39 is 5.97 Å². The van der Waals surface area contributed by atoms with Crippen LogP contribution < -0.4 is 0 Å². The lowest BCUT2D eigenvalue weighted by Gasteiger charge is -1.94. The molecule has 1 heterocycles. The zero-order valence-corrected chi connectivity index (χ0v) is 9.08. The number of nitrogens with zero attached hydrogens (tertiary/aromatic N) is 1. The van der Waals surface area contributed by atoms with Crippen molar-refractivity contribution < 1.29 is 9.90 Å². The van der Waals surface area contributed by atoms with E-state index in [1.807, 2.05) is 36.4 Å². The Morgan fingerprint density at radius 3 is 2.00 bits per heavy atom. The summed E-state index contributed by atoms with van der Waals surface area (Å²) < 4.78 is 0. The van der Waals surface area contributed by atoms with Gasteiger partial charge >= 0.3 is 5.97 Å². The monoisotopic (exact) mass is 225 g/mol. The van der Waals surface area contributed by atoms with Crippen LogP contribution in [-0.4, -0.2) is 16.1 Å². The van der Waals surface area contributed by atoms with Crippen LogP contribution >= 0.6 is 0 Å². The van der Waals surface area contributed by atoms with Gasteiger partial charge in [0.05, 0.1) is 5.56 Å². The Labute approximate surface area is 99.8 Å². The zero-order chi connectivity index (χ0) is 12.5. The number of carboxylic acid groups (broad SMARTS) is 1. The molecule has 3 heteroatoms. The van der Waals surface area contributed by atoms with Gasteiger partial charge in [-0.3, -0.25) is 0 Å². The molecule has 1 aromatic heterocycles. The van der Waals surface area contributed by atoms with Crippen LogP contribution in [0.4, 0.5) is 0 Å². The molecule has 2 aromatic rings. The summed E-state index contributed by atoms with van der Waals surface area (Å²) in [6, 6.07) is 15.1. The molecule has 3 nitrogen and oxygen atoms in total. The molecular formula is C14H11NO2. The molecule has 17 heavy (non-hydrogen) atoms. The Balaban J connectivity index is 0.000000202. The van der Waals surface area contributed by atoms with Crippen LogP contribution in [0.25, 0.3) is 0 Å². The molecule has 0 aliphatic heterocycles. The summed E-state index contributed by atoms with van der Waals surface area (Å²) in [5.74, 6) is 1.14. The summed E-state index contributed by atoms with van der Waals surface area (Å²) in [4.78, 5) is 14.0. The lowest BCUT2D eigenvalue weighted by molar-refractivity contribution is 0.0690. The summed E-state index contributed by atoms with van der Waals surface area (Å²) >= 11 is 0. The van der Waals surface area contributed by atoms with Crippen LogP contribution in [0.5, 0.6) is 0 Å². The third-order valence-corrected chi connectivity index (χ3v) is 1.83. The summed E-state index contributed by atoms with van der Waals surface area (Å²) in [6.07, 6.45) is 6.43.